The average Bonchev–Trinajstić information content (AvgIpc) is 2.92. The largest absolute Gasteiger partial charge is 0.493 e. The van der Waals surface area contributed by atoms with E-state index in [2.05, 4.69) is 0 Å². The summed E-state index contributed by atoms with van der Waals surface area (Å²) < 4.78 is 24.2. The van der Waals surface area contributed by atoms with Crippen molar-refractivity contribution in [2.24, 2.45) is 0 Å². The molecule has 1 heterocycles. The summed E-state index contributed by atoms with van der Waals surface area (Å²) in [5.74, 6) is -0.0754. The monoisotopic (exact) mass is 407 g/mol. The summed E-state index contributed by atoms with van der Waals surface area (Å²) >= 11 is 7.02. The van der Waals surface area contributed by atoms with Gasteiger partial charge in [-0.25, -0.2) is 4.39 Å². The van der Waals surface area contributed by atoms with Gasteiger partial charge in [0, 0.05) is 11.6 Å². The summed E-state index contributed by atoms with van der Waals surface area (Å²) in [6.07, 6.45) is 1.51. The molecule has 2 aromatic carbocycles. The van der Waals surface area contributed by atoms with Crippen LogP contribution in [0, 0.1) is 5.82 Å². The van der Waals surface area contributed by atoms with Gasteiger partial charge in [0.25, 0.3) is 11.1 Å². The Bertz CT molecular complexity index is 947. The number of rotatable bonds is 5. The van der Waals surface area contributed by atoms with Gasteiger partial charge >= 0.3 is 0 Å². The predicted octanol–water partition coefficient (Wildman–Crippen LogP) is 4.73. The third-order valence-corrected chi connectivity index (χ3v) is 5.18. The lowest BCUT2D eigenvalue weighted by molar-refractivity contribution is -0.123. The number of benzene rings is 2. The molecule has 0 saturated carbocycles. The predicted molar refractivity (Wildman–Crippen MR) is 102 cm³/mol. The van der Waals surface area contributed by atoms with E-state index in [1.165, 1.54) is 32.4 Å². The van der Waals surface area contributed by atoms with Crippen molar-refractivity contribution in [2.75, 3.05) is 14.2 Å². The number of imide groups is 1. The fraction of sp³-hybridized carbons (Fsp3) is 0.158. The lowest BCUT2D eigenvalue weighted by Gasteiger charge is -2.13. The topological polar surface area (TPSA) is 55.8 Å². The normalized spacial score (nSPS) is 15.6. The van der Waals surface area contributed by atoms with Gasteiger partial charge in [0.1, 0.15) is 5.82 Å². The summed E-state index contributed by atoms with van der Waals surface area (Å²) in [5.41, 5.74) is 0.774. The summed E-state index contributed by atoms with van der Waals surface area (Å²) in [6.45, 7) is -0.131. The molecule has 27 heavy (non-hydrogen) atoms. The first-order chi connectivity index (χ1) is 12.9. The second kappa shape index (κ2) is 8.02. The van der Waals surface area contributed by atoms with Crippen LogP contribution < -0.4 is 9.47 Å². The maximum atomic E-state index is 13.8. The van der Waals surface area contributed by atoms with Crippen LogP contribution in [0.2, 0.25) is 5.02 Å². The highest BCUT2D eigenvalue weighted by molar-refractivity contribution is 8.18. The number of hydrogen-bond acceptors (Lipinski definition) is 5. The van der Waals surface area contributed by atoms with Crippen molar-refractivity contribution >= 4 is 40.6 Å². The number of nitrogens with zero attached hydrogens (tertiary/aromatic N) is 1. The van der Waals surface area contributed by atoms with E-state index in [-0.39, 0.29) is 17.0 Å². The van der Waals surface area contributed by atoms with Crippen molar-refractivity contribution in [2.45, 2.75) is 6.54 Å². The molecule has 8 heteroatoms. The molecule has 0 atom stereocenters. The van der Waals surface area contributed by atoms with E-state index in [9.17, 15) is 14.0 Å². The van der Waals surface area contributed by atoms with E-state index in [1.54, 1.807) is 24.3 Å². The van der Waals surface area contributed by atoms with Gasteiger partial charge in [-0.15, -0.1) is 0 Å². The molecule has 0 aromatic heterocycles. The molecule has 1 aliphatic rings. The molecule has 0 unspecified atom stereocenters. The molecule has 1 saturated heterocycles. The Morgan fingerprint density at radius 1 is 1.15 bits per heavy atom. The van der Waals surface area contributed by atoms with E-state index >= 15 is 0 Å². The maximum absolute atomic E-state index is 13.8. The van der Waals surface area contributed by atoms with E-state index in [0.29, 0.717) is 22.1 Å². The second-order valence-corrected chi connectivity index (χ2v) is 6.99. The zero-order valence-electron chi connectivity index (χ0n) is 14.5. The third kappa shape index (κ3) is 3.94. The smallest absolute Gasteiger partial charge is 0.293 e. The van der Waals surface area contributed by atoms with Crippen LogP contribution in [-0.2, 0) is 11.3 Å². The van der Waals surface area contributed by atoms with Gasteiger partial charge in [-0.2, -0.15) is 0 Å². The van der Waals surface area contributed by atoms with Gasteiger partial charge in [-0.3, -0.25) is 14.5 Å². The number of hydrogen-bond donors (Lipinski definition) is 0. The lowest BCUT2D eigenvalue weighted by Crippen LogP contribution is -2.27. The van der Waals surface area contributed by atoms with Gasteiger partial charge in [0.05, 0.1) is 30.7 Å². The van der Waals surface area contributed by atoms with E-state index in [0.717, 1.165) is 16.7 Å². The van der Waals surface area contributed by atoms with Crippen molar-refractivity contribution < 1.29 is 23.5 Å². The number of methoxy groups -OCH3 is 2. The highest BCUT2D eigenvalue weighted by Gasteiger charge is 2.35. The quantitative estimate of drug-likeness (QED) is 0.670. The molecule has 1 aliphatic heterocycles. The first-order valence-corrected chi connectivity index (χ1v) is 9.04. The molecule has 2 aromatic rings. The number of halogens is 2. The van der Waals surface area contributed by atoms with Crippen LogP contribution in [0.4, 0.5) is 9.18 Å². The molecule has 2 amide bonds. The number of amides is 2. The van der Waals surface area contributed by atoms with Crippen molar-refractivity contribution in [3.63, 3.8) is 0 Å². The zero-order chi connectivity index (χ0) is 19.6. The molecule has 0 spiro atoms. The number of ether oxygens (including phenoxy) is 2. The van der Waals surface area contributed by atoms with E-state index < -0.39 is 17.0 Å². The highest BCUT2D eigenvalue weighted by atomic mass is 35.5. The summed E-state index contributed by atoms with van der Waals surface area (Å²) in [4.78, 5) is 26.1. The Labute approximate surface area is 164 Å². The van der Waals surface area contributed by atoms with Gasteiger partial charge in [-0.05, 0) is 35.5 Å². The highest BCUT2D eigenvalue weighted by Crippen LogP contribution is 2.38. The molecule has 3 rings (SSSR count). The fourth-order valence-electron chi connectivity index (χ4n) is 2.56. The molecule has 1 fully saturated rings. The van der Waals surface area contributed by atoms with Crippen molar-refractivity contribution in [3.05, 3.63) is 63.3 Å². The fourth-order valence-corrected chi connectivity index (χ4v) is 3.59. The molecule has 0 bridgehead atoms. The van der Waals surface area contributed by atoms with Gasteiger partial charge in [0.2, 0.25) is 0 Å². The Balaban J connectivity index is 1.90. The standard InChI is InChI=1S/C19H15ClFNO4S/c1-25-15-7-12(13(20)9-16(15)26-2)8-17-18(23)22(19(24)27-17)10-11-5-3-4-6-14(11)21/h3-9H,10H2,1-2H3/b17-8-. The minimum Gasteiger partial charge on any atom is -0.493 e. The minimum absolute atomic E-state index is 0.131. The van der Waals surface area contributed by atoms with Gasteiger partial charge in [0.15, 0.2) is 11.5 Å². The average molecular weight is 408 g/mol. The Hall–Kier alpha value is -2.51. The summed E-state index contributed by atoms with van der Waals surface area (Å²) in [7, 11) is 2.97. The van der Waals surface area contributed by atoms with Crippen LogP contribution in [0.25, 0.3) is 6.08 Å². The van der Waals surface area contributed by atoms with Crippen LogP contribution in [0.15, 0.2) is 41.3 Å². The minimum atomic E-state index is -0.501. The summed E-state index contributed by atoms with van der Waals surface area (Å²) in [6, 6.07) is 9.20. The number of carbonyl (C=O) groups is 2. The van der Waals surface area contributed by atoms with Crippen LogP contribution >= 0.6 is 23.4 Å². The van der Waals surface area contributed by atoms with Crippen molar-refractivity contribution in [3.8, 4) is 11.5 Å². The Kier molecular flexibility index (Phi) is 5.72. The zero-order valence-corrected chi connectivity index (χ0v) is 16.1. The SMILES string of the molecule is COc1cc(Cl)c(/C=C2\SC(=O)N(Cc3ccccc3F)C2=O)cc1OC. The van der Waals surface area contributed by atoms with Crippen molar-refractivity contribution in [1.29, 1.82) is 0 Å². The number of thioether (sulfide) groups is 1. The molecule has 5 nitrogen and oxygen atoms in total. The lowest BCUT2D eigenvalue weighted by atomic mass is 10.1. The first-order valence-electron chi connectivity index (χ1n) is 7.85. The molecule has 0 N–H and O–H groups in total. The van der Waals surface area contributed by atoms with Crippen LogP contribution in [0.3, 0.4) is 0 Å². The van der Waals surface area contributed by atoms with Crippen LogP contribution in [-0.4, -0.2) is 30.3 Å². The molecular formula is C19H15ClFNO4S. The Morgan fingerprint density at radius 2 is 1.81 bits per heavy atom. The van der Waals surface area contributed by atoms with Crippen molar-refractivity contribution in [1.82, 2.24) is 4.90 Å². The molecule has 0 aliphatic carbocycles. The molecular weight excluding hydrogens is 393 g/mol. The third-order valence-electron chi connectivity index (χ3n) is 3.95. The first kappa shape index (κ1) is 19.3. The van der Waals surface area contributed by atoms with Crippen LogP contribution in [0.1, 0.15) is 11.1 Å². The van der Waals surface area contributed by atoms with Gasteiger partial charge in [-0.1, -0.05) is 29.8 Å². The van der Waals surface area contributed by atoms with E-state index in [4.69, 9.17) is 21.1 Å². The second-order valence-electron chi connectivity index (χ2n) is 5.59. The molecule has 140 valence electrons. The summed E-state index contributed by atoms with van der Waals surface area (Å²) in [5, 5.41) is -0.125. The maximum Gasteiger partial charge on any atom is 0.293 e. The molecule has 0 radical (unpaired) electrons. The Morgan fingerprint density at radius 3 is 2.48 bits per heavy atom. The van der Waals surface area contributed by atoms with E-state index in [1.807, 2.05) is 0 Å². The van der Waals surface area contributed by atoms with Gasteiger partial charge < -0.3 is 9.47 Å². The number of carbonyl (C=O) groups excluding carboxylic acids is 2. The van der Waals surface area contributed by atoms with Crippen LogP contribution in [0.5, 0.6) is 11.5 Å².